The van der Waals surface area contributed by atoms with Gasteiger partial charge in [-0.05, 0) is 55.4 Å². The van der Waals surface area contributed by atoms with Gasteiger partial charge in [-0.1, -0.05) is 48.5 Å². The molecule has 4 heteroatoms. The van der Waals surface area contributed by atoms with E-state index >= 15 is 0 Å². The fourth-order valence-corrected chi connectivity index (χ4v) is 3.81. The average Bonchev–Trinajstić information content (AvgIpc) is 2.88. The lowest BCUT2D eigenvalue weighted by Crippen LogP contribution is -2.41. The first kappa shape index (κ1) is 16.7. The molecule has 0 unspecified atom stereocenters. The van der Waals surface area contributed by atoms with Crippen LogP contribution in [0.15, 0.2) is 60.8 Å². The van der Waals surface area contributed by atoms with Crippen LogP contribution in [0.25, 0.3) is 32.4 Å². The lowest BCUT2D eigenvalue weighted by molar-refractivity contribution is 0.00578. The zero-order chi connectivity index (χ0) is 18.8. The Morgan fingerprint density at radius 2 is 1.44 bits per heavy atom. The average molecular weight is 355 g/mol. The summed E-state index contributed by atoms with van der Waals surface area (Å²) in [4.78, 5) is 4.75. The van der Waals surface area contributed by atoms with Gasteiger partial charge in [-0.25, -0.2) is 0 Å². The Kier molecular flexibility index (Phi) is 3.43. The standard InChI is InChI=1S/C23H22BNO2/c1-22(2)23(3,4)27-24(26-22)16-10-12-19-18-11-9-15-7-5-6-8-17(15)20(18)14-25-21(19)13-16/h5-14H,1-4H3. The summed E-state index contributed by atoms with van der Waals surface area (Å²) in [7, 11) is -0.367. The first-order chi connectivity index (χ1) is 12.9. The van der Waals surface area contributed by atoms with Crippen LogP contribution in [-0.2, 0) is 9.31 Å². The summed E-state index contributed by atoms with van der Waals surface area (Å²) in [5.41, 5.74) is 1.28. The third-order valence-corrected chi connectivity index (χ3v) is 6.14. The number of pyridine rings is 1. The topological polar surface area (TPSA) is 31.4 Å². The van der Waals surface area contributed by atoms with Crippen LogP contribution in [0.4, 0.5) is 0 Å². The predicted octanol–water partition coefficient (Wildman–Crippen LogP) is 4.84. The Bertz CT molecular complexity index is 1180. The van der Waals surface area contributed by atoms with Crippen molar-refractivity contribution in [2.75, 3.05) is 0 Å². The van der Waals surface area contributed by atoms with E-state index in [2.05, 4.69) is 82.3 Å². The van der Waals surface area contributed by atoms with Crippen molar-refractivity contribution in [1.82, 2.24) is 4.98 Å². The lowest BCUT2D eigenvalue weighted by Gasteiger charge is -2.32. The van der Waals surface area contributed by atoms with Crippen molar-refractivity contribution in [3.63, 3.8) is 0 Å². The van der Waals surface area contributed by atoms with Gasteiger partial charge in [0.05, 0.1) is 16.7 Å². The molecule has 0 N–H and O–H groups in total. The first-order valence-corrected chi connectivity index (χ1v) is 9.41. The van der Waals surface area contributed by atoms with Crippen molar-refractivity contribution in [1.29, 1.82) is 0 Å². The Labute approximate surface area is 159 Å². The van der Waals surface area contributed by atoms with Crippen LogP contribution in [0, 0.1) is 0 Å². The summed E-state index contributed by atoms with van der Waals surface area (Å²) in [6.07, 6.45) is 1.98. The normalized spacial score (nSPS) is 18.6. The molecule has 1 aliphatic heterocycles. The van der Waals surface area contributed by atoms with E-state index in [9.17, 15) is 0 Å². The maximum atomic E-state index is 6.19. The highest BCUT2D eigenvalue weighted by Crippen LogP contribution is 2.37. The molecular weight excluding hydrogens is 333 g/mol. The number of hydrogen-bond donors (Lipinski definition) is 0. The second-order valence-electron chi connectivity index (χ2n) is 8.37. The van der Waals surface area contributed by atoms with Gasteiger partial charge in [-0.2, -0.15) is 0 Å². The maximum absolute atomic E-state index is 6.19. The molecule has 0 radical (unpaired) electrons. The van der Waals surface area contributed by atoms with Crippen molar-refractivity contribution in [3.8, 4) is 0 Å². The summed E-state index contributed by atoms with van der Waals surface area (Å²) in [5.74, 6) is 0. The highest BCUT2D eigenvalue weighted by atomic mass is 16.7. The first-order valence-electron chi connectivity index (χ1n) is 9.41. The Morgan fingerprint density at radius 3 is 2.22 bits per heavy atom. The molecule has 27 heavy (non-hydrogen) atoms. The minimum absolute atomic E-state index is 0.345. The molecule has 1 saturated heterocycles. The van der Waals surface area contributed by atoms with Crippen LogP contribution in [-0.4, -0.2) is 23.3 Å². The number of benzene rings is 3. The van der Waals surface area contributed by atoms with Crippen molar-refractivity contribution >= 4 is 45.0 Å². The summed E-state index contributed by atoms with van der Waals surface area (Å²) in [6, 6.07) is 19.1. The number of aromatic nitrogens is 1. The van der Waals surface area contributed by atoms with Crippen molar-refractivity contribution in [2.24, 2.45) is 0 Å². The summed E-state index contributed by atoms with van der Waals surface area (Å²) >= 11 is 0. The molecule has 0 bridgehead atoms. The van der Waals surface area contributed by atoms with Crippen LogP contribution in [0.2, 0.25) is 0 Å². The minimum Gasteiger partial charge on any atom is -0.399 e. The van der Waals surface area contributed by atoms with Crippen molar-refractivity contribution < 1.29 is 9.31 Å². The molecule has 2 heterocycles. The molecule has 1 aliphatic rings. The number of hydrogen-bond acceptors (Lipinski definition) is 3. The van der Waals surface area contributed by atoms with Crippen molar-refractivity contribution in [3.05, 3.63) is 60.8 Å². The summed E-state index contributed by atoms with van der Waals surface area (Å²) in [5, 5.41) is 6.03. The molecule has 3 nitrogen and oxygen atoms in total. The maximum Gasteiger partial charge on any atom is 0.494 e. The number of nitrogens with zero attached hydrogens (tertiary/aromatic N) is 1. The minimum atomic E-state index is -0.367. The lowest BCUT2D eigenvalue weighted by atomic mass is 9.78. The molecule has 1 fully saturated rings. The van der Waals surface area contributed by atoms with Crippen LogP contribution >= 0.6 is 0 Å². The largest absolute Gasteiger partial charge is 0.494 e. The second kappa shape index (κ2) is 5.54. The summed E-state index contributed by atoms with van der Waals surface area (Å²) < 4.78 is 12.4. The molecule has 1 aromatic heterocycles. The number of rotatable bonds is 1. The van der Waals surface area contributed by atoms with Gasteiger partial charge in [0.2, 0.25) is 0 Å². The van der Waals surface area contributed by atoms with Crippen molar-refractivity contribution in [2.45, 2.75) is 38.9 Å². The molecular formula is C23H22BNO2. The Morgan fingerprint density at radius 1 is 0.741 bits per heavy atom. The quantitative estimate of drug-likeness (QED) is 0.362. The van der Waals surface area contributed by atoms with Gasteiger partial charge >= 0.3 is 7.12 Å². The Balaban J connectivity index is 1.65. The van der Waals surface area contributed by atoms with Crippen LogP contribution in [0.3, 0.4) is 0 Å². The molecule has 0 amide bonds. The van der Waals surface area contributed by atoms with E-state index in [0.717, 1.165) is 16.4 Å². The number of fused-ring (bicyclic) bond motifs is 5. The zero-order valence-corrected chi connectivity index (χ0v) is 16.1. The zero-order valence-electron chi connectivity index (χ0n) is 16.1. The third-order valence-electron chi connectivity index (χ3n) is 6.14. The van der Waals surface area contributed by atoms with E-state index in [1.54, 1.807) is 0 Å². The van der Waals surface area contributed by atoms with Gasteiger partial charge in [-0.15, -0.1) is 0 Å². The van der Waals surface area contributed by atoms with E-state index in [1.165, 1.54) is 21.5 Å². The van der Waals surface area contributed by atoms with Gasteiger partial charge in [0.1, 0.15) is 0 Å². The van der Waals surface area contributed by atoms with E-state index in [4.69, 9.17) is 14.3 Å². The van der Waals surface area contributed by atoms with E-state index in [0.29, 0.717) is 0 Å². The van der Waals surface area contributed by atoms with E-state index in [-0.39, 0.29) is 18.3 Å². The van der Waals surface area contributed by atoms with Gasteiger partial charge in [0.25, 0.3) is 0 Å². The summed E-state index contributed by atoms with van der Waals surface area (Å²) in [6.45, 7) is 8.30. The molecule has 0 spiro atoms. The predicted molar refractivity (Wildman–Crippen MR) is 112 cm³/mol. The second-order valence-corrected chi connectivity index (χ2v) is 8.37. The molecule has 4 aromatic rings. The molecule has 0 atom stereocenters. The fourth-order valence-electron chi connectivity index (χ4n) is 3.81. The third kappa shape index (κ3) is 2.48. The van der Waals surface area contributed by atoms with Gasteiger partial charge in [0, 0.05) is 17.0 Å². The Hall–Kier alpha value is -2.43. The van der Waals surface area contributed by atoms with Crippen LogP contribution in [0.1, 0.15) is 27.7 Å². The van der Waals surface area contributed by atoms with Crippen LogP contribution < -0.4 is 5.46 Å². The SMILES string of the molecule is CC1(C)OB(c2ccc3c(c2)ncc2c4ccccc4ccc32)OC1(C)C. The molecule has 0 saturated carbocycles. The van der Waals surface area contributed by atoms with E-state index in [1.807, 2.05) is 6.20 Å². The fraction of sp³-hybridized carbons (Fsp3) is 0.261. The van der Waals surface area contributed by atoms with Gasteiger partial charge < -0.3 is 9.31 Å². The molecule has 134 valence electrons. The van der Waals surface area contributed by atoms with Gasteiger partial charge in [0.15, 0.2) is 0 Å². The smallest absolute Gasteiger partial charge is 0.399 e. The molecule has 5 rings (SSSR count). The monoisotopic (exact) mass is 355 g/mol. The van der Waals surface area contributed by atoms with Crippen LogP contribution in [0.5, 0.6) is 0 Å². The molecule has 3 aromatic carbocycles. The van der Waals surface area contributed by atoms with Gasteiger partial charge in [-0.3, -0.25) is 4.98 Å². The van der Waals surface area contributed by atoms with E-state index < -0.39 is 0 Å². The highest BCUT2D eigenvalue weighted by molar-refractivity contribution is 6.62. The highest BCUT2D eigenvalue weighted by Gasteiger charge is 2.51. The molecule has 0 aliphatic carbocycles.